The van der Waals surface area contributed by atoms with Crippen molar-refractivity contribution in [1.82, 2.24) is 15.5 Å². The number of aliphatic imine (C=N–C) groups is 1. The lowest BCUT2D eigenvalue weighted by atomic mass is 10.2. The van der Waals surface area contributed by atoms with Crippen LogP contribution in [-0.4, -0.2) is 44.0 Å². The standard InChI is InChI=1S/C17H28N4O/c1-14(2)12-20-17(18-3)19-11-10-16(22)21(4)13-15-8-6-5-7-9-15/h5-9,14H,10-13H2,1-4H3,(H2,18,19,20). The Bertz CT molecular complexity index is 471. The first kappa shape index (κ1) is 18.0. The van der Waals surface area contributed by atoms with Crippen LogP contribution in [-0.2, 0) is 11.3 Å². The summed E-state index contributed by atoms with van der Waals surface area (Å²) in [5.74, 6) is 1.42. The zero-order valence-corrected chi connectivity index (χ0v) is 14.1. The van der Waals surface area contributed by atoms with Gasteiger partial charge in [-0.15, -0.1) is 0 Å². The number of carbonyl (C=O) groups excluding carboxylic acids is 1. The van der Waals surface area contributed by atoms with E-state index in [0.29, 0.717) is 25.4 Å². The molecule has 1 aromatic rings. The van der Waals surface area contributed by atoms with Crippen molar-refractivity contribution in [3.05, 3.63) is 35.9 Å². The molecule has 0 aliphatic rings. The average molecular weight is 304 g/mol. The maximum absolute atomic E-state index is 12.1. The van der Waals surface area contributed by atoms with Gasteiger partial charge in [0.2, 0.25) is 5.91 Å². The first-order valence-corrected chi connectivity index (χ1v) is 7.75. The summed E-state index contributed by atoms with van der Waals surface area (Å²) in [6, 6.07) is 10.0. The average Bonchev–Trinajstić information content (AvgIpc) is 2.51. The topological polar surface area (TPSA) is 56.7 Å². The number of amides is 1. The van der Waals surface area contributed by atoms with Gasteiger partial charge in [0, 0.05) is 40.2 Å². The van der Waals surface area contributed by atoms with Gasteiger partial charge in [0.05, 0.1) is 0 Å². The summed E-state index contributed by atoms with van der Waals surface area (Å²) in [5.41, 5.74) is 1.14. The van der Waals surface area contributed by atoms with E-state index < -0.39 is 0 Å². The van der Waals surface area contributed by atoms with Crippen molar-refractivity contribution in [2.24, 2.45) is 10.9 Å². The van der Waals surface area contributed by atoms with Crippen LogP contribution in [0, 0.1) is 5.92 Å². The Hall–Kier alpha value is -2.04. The molecule has 0 saturated carbocycles. The van der Waals surface area contributed by atoms with Gasteiger partial charge >= 0.3 is 0 Å². The molecule has 1 amide bonds. The largest absolute Gasteiger partial charge is 0.356 e. The Labute approximate surface area is 133 Å². The molecular formula is C17H28N4O. The van der Waals surface area contributed by atoms with E-state index in [9.17, 15) is 4.79 Å². The Morgan fingerprint density at radius 3 is 2.50 bits per heavy atom. The van der Waals surface area contributed by atoms with Crippen molar-refractivity contribution in [3.63, 3.8) is 0 Å². The van der Waals surface area contributed by atoms with Crippen LogP contribution < -0.4 is 10.6 Å². The van der Waals surface area contributed by atoms with Gasteiger partial charge < -0.3 is 15.5 Å². The van der Waals surface area contributed by atoms with Crippen LogP contribution in [0.1, 0.15) is 25.8 Å². The second-order valence-corrected chi connectivity index (χ2v) is 5.76. The maximum Gasteiger partial charge on any atom is 0.224 e. The molecule has 1 rings (SSSR count). The van der Waals surface area contributed by atoms with E-state index in [-0.39, 0.29) is 5.91 Å². The van der Waals surface area contributed by atoms with Gasteiger partial charge in [-0.05, 0) is 11.5 Å². The fourth-order valence-electron chi connectivity index (χ4n) is 1.95. The minimum absolute atomic E-state index is 0.121. The molecule has 1 aromatic carbocycles. The zero-order valence-electron chi connectivity index (χ0n) is 14.1. The van der Waals surface area contributed by atoms with E-state index in [4.69, 9.17) is 0 Å². The molecule has 5 heteroatoms. The van der Waals surface area contributed by atoms with Crippen LogP contribution in [0.4, 0.5) is 0 Å². The smallest absolute Gasteiger partial charge is 0.224 e. The lowest BCUT2D eigenvalue weighted by molar-refractivity contribution is -0.130. The highest BCUT2D eigenvalue weighted by Gasteiger charge is 2.09. The Morgan fingerprint density at radius 2 is 1.91 bits per heavy atom. The molecule has 22 heavy (non-hydrogen) atoms. The van der Waals surface area contributed by atoms with Crippen LogP contribution >= 0.6 is 0 Å². The van der Waals surface area contributed by atoms with Crippen molar-refractivity contribution >= 4 is 11.9 Å². The van der Waals surface area contributed by atoms with Gasteiger partial charge in [-0.25, -0.2) is 0 Å². The second kappa shape index (κ2) is 9.82. The summed E-state index contributed by atoms with van der Waals surface area (Å²) >= 11 is 0. The molecule has 5 nitrogen and oxygen atoms in total. The molecule has 0 aliphatic carbocycles. The minimum atomic E-state index is 0.121. The molecule has 0 aliphatic heterocycles. The molecule has 122 valence electrons. The quantitative estimate of drug-likeness (QED) is 0.597. The van der Waals surface area contributed by atoms with Crippen LogP contribution in [0.15, 0.2) is 35.3 Å². The first-order chi connectivity index (χ1) is 10.5. The van der Waals surface area contributed by atoms with E-state index in [2.05, 4.69) is 29.5 Å². The van der Waals surface area contributed by atoms with E-state index in [0.717, 1.165) is 18.1 Å². The summed E-state index contributed by atoms with van der Waals surface area (Å²) in [6.45, 7) is 6.36. The predicted molar refractivity (Wildman–Crippen MR) is 91.7 cm³/mol. The molecule has 0 bridgehead atoms. The highest BCUT2D eigenvalue weighted by molar-refractivity contribution is 5.81. The third-order valence-corrected chi connectivity index (χ3v) is 3.22. The zero-order chi connectivity index (χ0) is 16.4. The maximum atomic E-state index is 12.1. The lowest BCUT2D eigenvalue weighted by Gasteiger charge is -2.18. The molecule has 0 aromatic heterocycles. The van der Waals surface area contributed by atoms with Gasteiger partial charge in [-0.2, -0.15) is 0 Å². The van der Waals surface area contributed by atoms with Crippen molar-refractivity contribution < 1.29 is 4.79 Å². The monoisotopic (exact) mass is 304 g/mol. The number of hydrogen-bond acceptors (Lipinski definition) is 2. The SMILES string of the molecule is CN=C(NCCC(=O)N(C)Cc1ccccc1)NCC(C)C. The molecule has 0 spiro atoms. The fraction of sp³-hybridized carbons (Fsp3) is 0.529. The number of nitrogens with one attached hydrogen (secondary N) is 2. The normalized spacial score (nSPS) is 11.4. The third-order valence-electron chi connectivity index (χ3n) is 3.22. The number of rotatable bonds is 7. The van der Waals surface area contributed by atoms with Crippen LogP contribution in [0.3, 0.4) is 0 Å². The van der Waals surface area contributed by atoms with Gasteiger partial charge in [0.25, 0.3) is 0 Å². The van der Waals surface area contributed by atoms with Gasteiger partial charge in [-0.1, -0.05) is 44.2 Å². The first-order valence-electron chi connectivity index (χ1n) is 7.75. The van der Waals surface area contributed by atoms with E-state index in [1.54, 1.807) is 11.9 Å². The summed E-state index contributed by atoms with van der Waals surface area (Å²) in [6.07, 6.45) is 0.450. The van der Waals surface area contributed by atoms with Crippen LogP contribution in [0.25, 0.3) is 0 Å². The highest BCUT2D eigenvalue weighted by atomic mass is 16.2. The summed E-state index contributed by atoms with van der Waals surface area (Å²) in [7, 11) is 3.57. The van der Waals surface area contributed by atoms with E-state index in [1.165, 1.54) is 0 Å². The molecule has 0 unspecified atom stereocenters. The van der Waals surface area contributed by atoms with Gasteiger partial charge in [0.15, 0.2) is 5.96 Å². The Morgan fingerprint density at radius 1 is 1.23 bits per heavy atom. The fourth-order valence-corrected chi connectivity index (χ4v) is 1.95. The molecule has 0 saturated heterocycles. The van der Waals surface area contributed by atoms with Crippen molar-refractivity contribution in [2.45, 2.75) is 26.8 Å². The lowest BCUT2D eigenvalue weighted by Crippen LogP contribution is -2.40. The number of nitrogens with zero attached hydrogens (tertiary/aromatic N) is 2. The number of carbonyl (C=O) groups is 1. The van der Waals surface area contributed by atoms with E-state index >= 15 is 0 Å². The molecule has 0 atom stereocenters. The third kappa shape index (κ3) is 7.11. The molecule has 0 heterocycles. The molecule has 0 fully saturated rings. The van der Waals surface area contributed by atoms with Crippen molar-refractivity contribution in [1.29, 1.82) is 0 Å². The van der Waals surface area contributed by atoms with Crippen LogP contribution in [0.2, 0.25) is 0 Å². The number of hydrogen-bond donors (Lipinski definition) is 2. The molecule has 0 radical (unpaired) electrons. The second-order valence-electron chi connectivity index (χ2n) is 5.76. The van der Waals surface area contributed by atoms with E-state index in [1.807, 2.05) is 37.4 Å². The van der Waals surface area contributed by atoms with Crippen molar-refractivity contribution in [3.8, 4) is 0 Å². The Balaban J connectivity index is 2.30. The number of guanidine groups is 1. The minimum Gasteiger partial charge on any atom is -0.356 e. The van der Waals surface area contributed by atoms with Gasteiger partial charge in [0.1, 0.15) is 0 Å². The summed E-state index contributed by atoms with van der Waals surface area (Å²) < 4.78 is 0. The molecule has 2 N–H and O–H groups in total. The highest BCUT2D eigenvalue weighted by Crippen LogP contribution is 2.03. The Kier molecular flexibility index (Phi) is 8.04. The van der Waals surface area contributed by atoms with Crippen molar-refractivity contribution in [2.75, 3.05) is 27.2 Å². The van der Waals surface area contributed by atoms with Crippen LogP contribution in [0.5, 0.6) is 0 Å². The van der Waals surface area contributed by atoms with Gasteiger partial charge in [-0.3, -0.25) is 9.79 Å². The number of benzene rings is 1. The summed E-state index contributed by atoms with van der Waals surface area (Å²) in [5, 5.41) is 6.39. The molecular weight excluding hydrogens is 276 g/mol. The predicted octanol–water partition coefficient (Wildman–Crippen LogP) is 1.86. The summed E-state index contributed by atoms with van der Waals surface area (Å²) in [4.78, 5) is 18.0.